The fraction of sp³-hybridized carbons (Fsp3) is 0.733. The van der Waals surface area contributed by atoms with E-state index in [4.69, 9.17) is 5.73 Å². The molecule has 1 saturated carbocycles. The molecule has 2 heterocycles. The fourth-order valence-electron chi connectivity index (χ4n) is 3.25. The van der Waals surface area contributed by atoms with E-state index in [1.54, 1.807) is 0 Å². The van der Waals surface area contributed by atoms with Gasteiger partial charge in [-0.1, -0.05) is 6.42 Å². The average Bonchev–Trinajstić information content (AvgIpc) is 3.09. The number of anilines is 1. The Bertz CT molecular complexity index is 494. The molecule has 23 heavy (non-hydrogen) atoms. The molecular formula is C15H26Cl2N4OS. The van der Waals surface area contributed by atoms with Crippen LogP contribution >= 0.6 is 36.2 Å². The Morgan fingerprint density at radius 1 is 1.30 bits per heavy atom. The van der Waals surface area contributed by atoms with Crippen molar-refractivity contribution < 1.29 is 4.79 Å². The molecule has 8 heteroatoms. The summed E-state index contributed by atoms with van der Waals surface area (Å²) in [7, 11) is 0. The van der Waals surface area contributed by atoms with Crippen molar-refractivity contribution in [3.63, 3.8) is 0 Å². The lowest BCUT2D eigenvalue weighted by molar-refractivity contribution is -0.119. The molecule has 0 spiro atoms. The van der Waals surface area contributed by atoms with Gasteiger partial charge in [0.05, 0.1) is 5.69 Å². The summed E-state index contributed by atoms with van der Waals surface area (Å²) in [5.74, 6) is 0.149. The second-order valence-electron chi connectivity index (χ2n) is 6.24. The summed E-state index contributed by atoms with van der Waals surface area (Å²) < 4.78 is 0. The van der Waals surface area contributed by atoms with Gasteiger partial charge in [0.2, 0.25) is 5.91 Å². The number of nitrogens with one attached hydrogen (secondary N) is 1. The summed E-state index contributed by atoms with van der Waals surface area (Å²) in [5.41, 5.74) is 6.94. The molecule has 1 aromatic rings. The second kappa shape index (κ2) is 9.79. The molecule has 0 aromatic carbocycles. The van der Waals surface area contributed by atoms with Gasteiger partial charge in [-0.15, -0.1) is 36.2 Å². The minimum absolute atomic E-state index is 0. The number of likely N-dealkylation sites (tertiary alicyclic amines) is 1. The number of halogens is 2. The summed E-state index contributed by atoms with van der Waals surface area (Å²) in [4.78, 5) is 19.1. The van der Waals surface area contributed by atoms with Gasteiger partial charge in [-0.2, -0.15) is 0 Å². The van der Waals surface area contributed by atoms with Crippen molar-refractivity contribution in [1.82, 2.24) is 9.88 Å². The summed E-state index contributed by atoms with van der Waals surface area (Å²) in [5, 5.41) is 5.75. The van der Waals surface area contributed by atoms with Gasteiger partial charge in [-0.3, -0.25) is 9.69 Å². The van der Waals surface area contributed by atoms with Crippen LogP contribution in [0.15, 0.2) is 5.38 Å². The van der Waals surface area contributed by atoms with Gasteiger partial charge in [-0.25, -0.2) is 4.98 Å². The molecule has 132 valence electrons. The van der Waals surface area contributed by atoms with E-state index in [2.05, 4.69) is 20.6 Å². The Morgan fingerprint density at radius 2 is 2.04 bits per heavy atom. The lowest BCUT2D eigenvalue weighted by Gasteiger charge is -2.25. The third-order valence-corrected chi connectivity index (χ3v) is 5.27. The molecule has 3 rings (SSSR count). The molecule has 2 fully saturated rings. The molecule has 2 unspecified atom stereocenters. The fourth-order valence-corrected chi connectivity index (χ4v) is 3.95. The number of carbonyl (C=O) groups excluding carboxylic acids is 1. The van der Waals surface area contributed by atoms with Gasteiger partial charge >= 0.3 is 0 Å². The lowest BCUT2D eigenvalue weighted by Crippen LogP contribution is -2.29. The Balaban J connectivity index is 0.00000132. The first-order chi connectivity index (χ1) is 10.2. The van der Waals surface area contributed by atoms with Crippen molar-refractivity contribution in [1.29, 1.82) is 0 Å². The monoisotopic (exact) mass is 380 g/mol. The minimum atomic E-state index is 0. The van der Waals surface area contributed by atoms with E-state index >= 15 is 0 Å². The summed E-state index contributed by atoms with van der Waals surface area (Å²) >= 11 is 1.53. The van der Waals surface area contributed by atoms with Crippen LogP contribution in [0.4, 0.5) is 5.13 Å². The summed E-state index contributed by atoms with van der Waals surface area (Å²) in [6.45, 7) is 3.24. The molecular weight excluding hydrogens is 355 g/mol. The molecule has 2 aliphatic rings. The summed E-state index contributed by atoms with van der Waals surface area (Å²) in [6.07, 6.45) is 6.58. The number of piperidine rings is 1. The molecule has 1 amide bonds. The van der Waals surface area contributed by atoms with Gasteiger partial charge in [-0.05, 0) is 45.2 Å². The minimum Gasteiger partial charge on any atom is -0.328 e. The van der Waals surface area contributed by atoms with E-state index in [0.29, 0.717) is 0 Å². The van der Waals surface area contributed by atoms with Crippen LogP contribution < -0.4 is 11.1 Å². The van der Waals surface area contributed by atoms with Crippen LogP contribution in [0, 0.1) is 5.92 Å². The Hall–Kier alpha value is -0.400. The number of thiazole rings is 1. The van der Waals surface area contributed by atoms with E-state index < -0.39 is 0 Å². The number of carbonyl (C=O) groups is 1. The highest BCUT2D eigenvalue weighted by Gasteiger charge is 2.28. The highest BCUT2D eigenvalue weighted by atomic mass is 35.5. The number of nitrogens with two attached hydrogens (primary N) is 1. The Kier molecular flexibility index (Phi) is 8.79. The standard InChI is InChI=1S/C15H24N4OS.2ClH/c16-12-5-4-11(8-12)14(20)18-15-17-13(10-21-15)9-19-6-2-1-3-7-19;;/h10-12H,1-9,16H2,(H,17,18,20);2*1H. The second-order valence-corrected chi connectivity index (χ2v) is 7.10. The zero-order chi connectivity index (χ0) is 14.7. The van der Waals surface area contributed by atoms with Crippen molar-refractivity contribution in [2.45, 2.75) is 51.1 Å². The topological polar surface area (TPSA) is 71.2 Å². The number of aromatic nitrogens is 1. The van der Waals surface area contributed by atoms with E-state index in [-0.39, 0.29) is 42.7 Å². The first-order valence-electron chi connectivity index (χ1n) is 7.94. The number of nitrogens with zero attached hydrogens (tertiary/aromatic N) is 2. The number of rotatable bonds is 4. The molecule has 0 radical (unpaired) electrons. The van der Waals surface area contributed by atoms with Crippen LogP contribution in [0.3, 0.4) is 0 Å². The maximum Gasteiger partial charge on any atom is 0.229 e. The summed E-state index contributed by atoms with van der Waals surface area (Å²) in [6, 6.07) is 0.187. The lowest BCUT2D eigenvalue weighted by atomic mass is 10.1. The van der Waals surface area contributed by atoms with Gasteiger partial charge in [0.1, 0.15) is 0 Å². The normalized spacial score (nSPS) is 24.6. The van der Waals surface area contributed by atoms with E-state index in [9.17, 15) is 4.79 Å². The van der Waals surface area contributed by atoms with Crippen LogP contribution in [0.25, 0.3) is 0 Å². The SMILES string of the molecule is Cl.Cl.NC1CCC(C(=O)Nc2nc(CN3CCCCC3)cs2)C1. The third kappa shape index (κ3) is 5.87. The van der Waals surface area contributed by atoms with E-state index in [0.717, 1.165) is 36.6 Å². The molecule has 0 bridgehead atoms. The molecule has 5 nitrogen and oxygen atoms in total. The smallest absolute Gasteiger partial charge is 0.229 e. The largest absolute Gasteiger partial charge is 0.328 e. The first kappa shape index (κ1) is 20.6. The van der Waals surface area contributed by atoms with Crippen molar-refractivity contribution in [2.75, 3.05) is 18.4 Å². The maximum absolute atomic E-state index is 12.1. The number of hydrogen-bond acceptors (Lipinski definition) is 5. The van der Waals surface area contributed by atoms with E-state index in [1.807, 2.05) is 0 Å². The maximum atomic E-state index is 12.1. The van der Waals surface area contributed by atoms with Crippen LogP contribution in [0.5, 0.6) is 0 Å². The molecule has 2 atom stereocenters. The van der Waals surface area contributed by atoms with Crippen molar-refractivity contribution in [2.24, 2.45) is 11.7 Å². The van der Waals surface area contributed by atoms with Gasteiger partial charge in [0.15, 0.2) is 5.13 Å². The predicted octanol–water partition coefficient (Wildman–Crippen LogP) is 3.04. The average molecular weight is 381 g/mol. The molecule has 1 aromatic heterocycles. The Morgan fingerprint density at radius 3 is 2.70 bits per heavy atom. The first-order valence-corrected chi connectivity index (χ1v) is 8.82. The molecule has 1 aliphatic heterocycles. The van der Waals surface area contributed by atoms with Gasteiger partial charge in [0, 0.05) is 23.9 Å². The molecule has 1 aliphatic carbocycles. The van der Waals surface area contributed by atoms with Gasteiger partial charge < -0.3 is 11.1 Å². The van der Waals surface area contributed by atoms with Crippen molar-refractivity contribution in [3.05, 3.63) is 11.1 Å². The molecule has 3 N–H and O–H groups in total. The quantitative estimate of drug-likeness (QED) is 0.841. The van der Waals surface area contributed by atoms with Crippen LogP contribution in [-0.4, -0.2) is 34.9 Å². The zero-order valence-electron chi connectivity index (χ0n) is 13.2. The molecule has 1 saturated heterocycles. The highest BCUT2D eigenvalue weighted by Crippen LogP contribution is 2.26. The van der Waals surface area contributed by atoms with Crippen LogP contribution in [0.2, 0.25) is 0 Å². The highest BCUT2D eigenvalue weighted by molar-refractivity contribution is 7.13. The van der Waals surface area contributed by atoms with Crippen LogP contribution in [-0.2, 0) is 11.3 Å². The number of hydrogen-bond donors (Lipinski definition) is 2. The van der Waals surface area contributed by atoms with Crippen molar-refractivity contribution in [3.8, 4) is 0 Å². The van der Waals surface area contributed by atoms with Crippen molar-refractivity contribution >= 4 is 47.2 Å². The predicted molar refractivity (Wildman–Crippen MR) is 99.7 cm³/mol. The number of amides is 1. The van der Waals surface area contributed by atoms with E-state index in [1.165, 1.54) is 43.7 Å². The zero-order valence-corrected chi connectivity index (χ0v) is 15.7. The van der Waals surface area contributed by atoms with Crippen LogP contribution in [0.1, 0.15) is 44.2 Å². The van der Waals surface area contributed by atoms with Gasteiger partial charge in [0.25, 0.3) is 0 Å². The Labute approximate surface area is 154 Å². The third-order valence-electron chi connectivity index (χ3n) is 4.46.